The van der Waals surface area contributed by atoms with Crippen LogP contribution in [-0.2, 0) is 9.59 Å². The highest BCUT2D eigenvalue weighted by molar-refractivity contribution is 6.06. The lowest BCUT2D eigenvalue weighted by atomic mass is 10.2. The minimum Gasteiger partial charge on any atom is -0.325 e. The van der Waals surface area contributed by atoms with E-state index in [4.69, 9.17) is 4.52 Å². The lowest BCUT2D eigenvalue weighted by Gasteiger charge is -2.07. The SMILES string of the molecule is Cc1noc(NC2CC(=O)N(C)C2=O)n1. The summed E-state index contributed by atoms with van der Waals surface area (Å²) in [5, 5.41) is 6.28. The normalized spacial score (nSPS) is 21.2. The van der Waals surface area contributed by atoms with Gasteiger partial charge in [-0.15, -0.1) is 0 Å². The van der Waals surface area contributed by atoms with E-state index in [0.717, 1.165) is 4.90 Å². The summed E-state index contributed by atoms with van der Waals surface area (Å²) in [5.41, 5.74) is 0. The largest absolute Gasteiger partial charge is 0.325 e. The molecular formula is C8H10N4O3. The van der Waals surface area contributed by atoms with Crippen molar-refractivity contribution >= 4 is 17.8 Å². The zero-order valence-corrected chi connectivity index (χ0v) is 8.35. The first kappa shape index (κ1) is 9.63. The van der Waals surface area contributed by atoms with Crippen LogP contribution in [-0.4, -0.2) is 39.9 Å². The summed E-state index contributed by atoms with van der Waals surface area (Å²) < 4.78 is 4.79. The molecule has 7 nitrogen and oxygen atoms in total. The van der Waals surface area contributed by atoms with E-state index in [-0.39, 0.29) is 24.2 Å². The van der Waals surface area contributed by atoms with Crippen molar-refractivity contribution in [2.75, 3.05) is 12.4 Å². The number of likely N-dealkylation sites (tertiary alicyclic amines) is 1. The Labute approximate surface area is 85.4 Å². The fourth-order valence-electron chi connectivity index (χ4n) is 1.37. The molecule has 1 aromatic heterocycles. The molecule has 1 saturated heterocycles. The molecule has 1 fully saturated rings. The molecule has 1 aliphatic rings. The topological polar surface area (TPSA) is 88.3 Å². The molecule has 1 aromatic rings. The first-order valence-electron chi connectivity index (χ1n) is 4.45. The van der Waals surface area contributed by atoms with Gasteiger partial charge in [0.1, 0.15) is 6.04 Å². The number of rotatable bonds is 2. The minimum atomic E-state index is -0.595. The van der Waals surface area contributed by atoms with E-state index in [1.165, 1.54) is 7.05 Å². The van der Waals surface area contributed by atoms with Crippen molar-refractivity contribution in [1.29, 1.82) is 0 Å². The van der Waals surface area contributed by atoms with E-state index < -0.39 is 6.04 Å². The van der Waals surface area contributed by atoms with Crippen molar-refractivity contribution in [3.05, 3.63) is 5.82 Å². The Bertz CT molecular complexity index is 414. The van der Waals surface area contributed by atoms with Crippen LogP contribution in [0.15, 0.2) is 4.52 Å². The van der Waals surface area contributed by atoms with E-state index in [9.17, 15) is 9.59 Å². The smallest absolute Gasteiger partial charge is 0.322 e. The number of anilines is 1. The third kappa shape index (κ3) is 1.67. The second-order valence-corrected chi connectivity index (χ2v) is 3.34. The van der Waals surface area contributed by atoms with Gasteiger partial charge in [0.05, 0.1) is 6.42 Å². The van der Waals surface area contributed by atoms with Gasteiger partial charge in [-0.1, -0.05) is 5.16 Å². The Hall–Kier alpha value is -1.92. The van der Waals surface area contributed by atoms with Crippen molar-refractivity contribution < 1.29 is 14.1 Å². The molecule has 0 radical (unpaired) electrons. The van der Waals surface area contributed by atoms with Gasteiger partial charge >= 0.3 is 6.01 Å². The predicted octanol–water partition coefficient (Wildman–Crippen LogP) is -0.453. The van der Waals surface area contributed by atoms with Gasteiger partial charge in [0.15, 0.2) is 5.82 Å². The van der Waals surface area contributed by atoms with Crippen molar-refractivity contribution in [2.24, 2.45) is 0 Å². The van der Waals surface area contributed by atoms with E-state index in [0.29, 0.717) is 5.82 Å². The Morgan fingerprint density at radius 3 is 2.73 bits per heavy atom. The van der Waals surface area contributed by atoms with Crippen LogP contribution < -0.4 is 5.32 Å². The number of hydrogen-bond donors (Lipinski definition) is 1. The summed E-state index contributed by atoms with van der Waals surface area (Å²) in [6, 6.07) is -0.434. The number of aromatic nitrogens is 2. The summed E-state index contributed by atoms with van der Waals surface area (Å²) in [4.78, 5) is 27.6. The lowest BCUT2D eigenvalue weighted by molar-refractivity contribution is -0.136. The molecule has 15 heavy (non-hydrogen) atoms. The van der Waals surface area contributed by atoms with E-state index >= 15 is 0 Å². The highest BCUT2D eigenvalue weighted by Gasteiger charge is 2.36. The monoisotopic (exact) mass is 210 g/mol. The number of nitrogens with zero attached hydrogens (tertiary/aromatic N) is 3. The molecule has 80 valence electrons. The third-order valence-corrected chi connectivity index (χ3v) is 2.21. The van der Waals surface area contributed by atoms with Gasteiger partial charge in [-0.3, -0.25) is 14.5 Å². The number of likely N-dealkylation sites (N-methyl/N-ethyl adjacent to an activating group) is 1. The maximum atomic E-state index is 11.5. The Morgan fingerprint density at radius 1 is 1.53 bits per heavy atom. The number of amides is 2. The third-order valence-electron chi connectivity index (χ3n) is 2.21. The van der Waals surface area contributed by atoms with Crippen LogP contribution in [0.1, 0.15) is 12.2 Å². The molecule has 2 rings (SSSR count). The standard InChI is InChI=1S/C8H10N4O3/c1-4-9-8(15-11-4)10-5-3-6(13)12(2)7(5)14/h5H,3H2,1-2H3,(H,9,10,11). The summed E-state index contributed by atoms with van der Waals surface area (Å²) in [6.45, 7) is 1.67. The molecule has 2 heterocycles. The first-order chi connectivity index (χ1) is 7.08. The predicted molar refractivity (Wildman–Crippen MR) is 48.8 cm³/mol. The number of aryl methyl sites for hydroxylation is 1. The average Bonchev–Trinajstić information content (AvgIpc) is 2.68. The van der Waals surface area contributed by atoms with Crippen LogP contribution in [0.5, 0.6) is 0 Å². The second-order valence-electron chi connectivity index (χ2n) is 3.34. The Kier molecular flexibility index (Phi) is 2.14. The summed E-state index contributed by atoms with van der Waals surface area (Å²) in [6.07, 6.45) is 0.122. The van der Waals surface area contributed by atoms with Crippen molar-refractivity contribution in [2.45, 2.75) is 19.4 Å². The highest BCUT2D eigenvalue weighted by Crippen LogP contribution is 2.15. The summed E-state index contributed by atoms with van der Waals surface area (Å²) in [7, 11) is 1.45. The number of hydrogen-bond acceptors (Lipinski definition) is 6. The summed E-state index contributed by atoms with van der Waals surface area (Å²) in [5.74, 6) is -0.0211. The molecule has 1 aliphatic heterocycles. The van der Waals surface area contributed by atoms with Gasteiger partial charge in [-0.2, -0.15) is 4.98 Å². The molecule has 0 spiro atoms. The Morgan fingerprint density at radius 2 is 2.27 bits per heavy atom. The van der Waals surface area contributed by atoms with Crippen LogP contribution in [0.2, 0.25) is 0 Å². The van der Waals surface area contributed by atoms with Crippen molar-refractivity contribution in [3.8, 4) is 0 Å². The fourth-order valence-corrected chi connectivity index (χ4v) is 1.37. The molecule has 0 bridgehead atoms. The highest BCUT2D eigenvalue weighted by atomic mass is 16.5. The van der Waals surface area contributed by atoms with E-state index in [1.54, 1.807) is 6.92 Å². The molecule has 0 saturated carbocycles. The lowest BCUT2D eigenvalue weighted by Crippen LogP contribution is -2.31. The number of carbonyl (C=O) groups excluding carboxylic acids is 2. The van der Waals surface area contributed by atoms with Gasteiger partial charge < -0.3 is 9.84 Å². The van der Waals surface area contributed by atoms with Crippen LogP contribution >= 0.6 is 0 Å². The minimum absolute atomic E-state index is 0.122. The van der Waals surface area contributed by atoms with Crippen LogP contribution in [0.3, 0.4) is 0 Å². The maximum Gasteiger partial charge on any atom is 0.322 e. The van der Waals surface area contributed by atoms with Gasteiger partial charge in [0.25, 0.3) is 5.91 Å². The zero-order chi connectivity index (χ0) is 11.0. The second kappa shape index (κ2) is 3.34. The van der Waals surface area contributed by atoms with Crippen LogP contribution in [0.25, 0.3) is 0 Å². The zero-order valence-electron chi connectivity index (χ0n) is 8.35. The molecule has 2 amide bonds. The quantitative estimate of drug-likeness (QED) is 0.665. The number of imide groups is 1. The molecule has 0 aromatic carbocycles. The molecule has 1 N–H and O–H groups in total. The Balaban J connectivity index is 2.08. The number of carbonyl (C=O) groups is 2. The van der Waals surface area contributed by atoms with Gasteiger partial charge in [-0.05, 0) is 6.92 Å². The average molecular weight is 210 g/mol. The van der Waals surface area contributed by atoms with E-state index in [2.05, 4.69) is 15.5 Å². The molecular weight excluding hydrogens is 200 g/mol. The van der Waals surface area contributed by atoms with Crippen molar-refractivity contribution in [3.63, 3.8) is 0 Å². The van der Waals surface area contributed by atoms with Crippen LogP contribution in [0, 0.1) is 6.92 Å². The van der Waals surface area contributed by atoms with Gasteiger partial charge in [0, 0.05) is 7.05 Å². The van der Waals surface area contributed by atoms with Gasteiger partial charge in [-0.25, -0.2) is 0 Å². The van der Waals surface area contributed by atoms with Crippen LogP contribution in [0.4, 0.5) is 6.01 Å². The fraction of sp³-hybridized carbons (Fsp3) is 0.500. The molecule has 1 atom stereocenters. The molecule has 1 unspecified atom stereocenters. The molecule has 0 aliphatic carbocycles. The maximum absolute atomic E-state index is 11.5. The van der Waals surface area contributed by atoms with Crippen molar-refractivity contribution in [1.82, 2.24) is 15.0 Å². The first-order valence-corrected chi connectivity index (χ1v) is 4.45. The number of nitrogens with one attached hydrogen (secondary N) is 1. The summed E-state index contributed by atoms with van der Waals surface area (Å²) >= 11 is 0. The van der Waals surface area contributed by atoms with Gasteiger partial charge in [0.2, 0.25) is 5.91 Å². The molecule has 7 heteroatoms. The van der Waals surface area contributed by atoms with E-state index in [1.807, 2.05) is 0 Å².